The first-order valence-corrected chi connectivity index (χ1v) is 8.09. The first kappa shape index (κ1) is 14.7. The van der Waals surface area contributed by atoms with Crippen molar-refractivity contribution >= 4 is 22.8 Å². The number of H-pyrrole nitrogens is 1. The van der Waals surface area contributed by atoms with Crippen LogP contribution < -0.4 is 10.9 Å². The minimum Gasteiger partial charge on any atom is -0.379 e. The molecule has 2 aromatic carbocycles. The van der Waals surface area contributed by atoms with Gasteiger partial charge in [-0.2, -0.15) is 0 Å². The fourth-order valence-corrected chi connectivity index (χ4v) is 3.28. The molecule has 2 heterocycles. The second-order valence-electron chi connectivity index (χ2n) is 6.87. The Morgan fingerprint density at radius 2 is 1.83 bits per heavy atom. The van der Waals surface area contributed by atoms with E-state index in [2.05, 4.69) is 47.3 Å². The van der Waals surface area contributed by atoms with Crippen LogP contribution in [0.2, 0.25) is 0 Å². The Bertz CT molecular complexity index is 1010. The molecule has 2 N–H and O–H groups in total. The summed E-state index contributed by atoms with van der Waals surface area (Å²) in [5.41, 5.74) is 5.07. The van der Waals surface area contributed by atoms with Crippen LogP contribution in [0.3, 0.4) is 0 Å². The number of aromatic amines is 1. The summed E-state index contributed by atoms with van der Waals surface area (Å²) < 4.78 is 0. The fraction of sp³-hybridized carbons (Fsp3) is 0.200. The number of nitrogens with one attached hydrogen (secondary N) is 2. The Labute approximate surface area is 140 Å². The fourth-order valence-electron chi connectivity index (χ4n) is 3.28. The maximum Gasteiger partial charge on any atom is 0.274 e. The summed E-state index contributed by atoms with van der Waals surface area (Å²) in [7, 11) is 0. The zero-order valence-electron chi connectivity index (χ0n) is 13.8. The molecule has 120 valence electrons. The third kappa shape index (κ3) is 2.60. The van der Waals surface area contributed by atoms with E-state index in [1.54, 1.807) is 0 Å². The molecule has 0 amide bonds. The molecule has 1 aromatic heterocycles. The van der Waals surface area contributed by atoms with E-state index in [-0.39, 0.29) is 11.1 Å². The Balaban J connectivity index is 1.89. The third-order valence-electron chi connectivity index (χ3n) is 4.32. The Morgan fingerprint density at radius 1 is 1.08 bits per heavy atom. The summed E-state index contributed by atoms with van der Waals surface area (Å²) in [6.07, 6.45) is 2.80. The number of aromatic nitrogens is 2. The number of benzene rings is 2. The van der Waals surface area contributed by atoms with Crippen LogP contribution in [0.4, 0.5) is 0 Å². The molecule has 0 spiro atoms. The van der Waals surface area contributed by atoms with Crippen LogP contribution in [-0.2, 0) is 6.42 Å². The minimum atomic E-state index is -0.177. The Kier molecular flexibility index (Phi) is 3.27. The third-order valence-corrected chi connectivity index (χ3v) is 4.32. The summed E-state index contributed by atoms with van der Waals surface area (Å²) in [5, 5.41) is 3.54. The quantitative estimate of drug-likeness (QED) is 0.723. The van der Waals surface area contributed by atoms with E-state index in [9.17, 15) is 4.79 Å². The maximum absolute atomic E-state index is 12.4. The van der Waals surface area contributed by atoms with Crippen molar-refractivity contribution in [2.24, 2.45) is 0 Å². The second-order valence-corrected chi connectivity index (χ2v) is 6.87. The molecule has 4 nitrogen and oxygen atoms in total. The molecule has 0 saturated heterocycles. The van der Waals surface area contributed by atoms with Crippen molar-refractivity contribution < 1.29 is 0 Å². The number of nitrogens with zero attached hydrogens (tertiary/aromatic N) is 1. The van der Waals surface area contributed by atoms with Crippen LogP contribution in [0, 0.1) is 0 Å². The van der Waals surface area contributed by atoms with E-state index in [4.69, 9.17) is 0 Å². The van der Waals surface area contributed by atoms with Crippen molar-refractivity contribution in [3.63, 3.8) is 0 Å². The van der Waals surface area contributed by atoms with Crippen molar-refractivity contribution in [1.29, 1.82) is 0 Å². The van der Waals surface area contributed by atoms with Crippen LogP contribution in [0.5, 0.6) is 0 Å². The lowest BCUT2D eigenvalue weighted by atomic mass is 9.86. The summed E-state index contributed by atoms with van der Waals surface area (Å²) in [5.74, 6) is 0. The molecular weight excluding hydrogens is 298 g/mol. The van der Waals surface area contributed by atoms with Gasteiger partial charge in [0.15, 0.2) is 0 Å². The van der Waals surface area contributed by atoms with Gasteiger partial charge in [-0.05, 0) is 44.0 Å². The molecule has 0 aliphatic carbocycles. The van der Waals surface area contributed by atoms with Crippen LogP contribution in [0.25, 0.3) is 22.8 Å². The van der Waals surface area contributed by atoms with Crippen molar-refractivity contribution in [3.8, 4) is 0 Å². The lowest BCUT2D eigenvalue weighted by Crippen LogP contribution is -2.43. The monoisotopic (exact) mass is 317 g/mol. The molecule has 1 aliphatic rings. The zero-order chi connectivity index (χ0) is 16.7. The van der Waals surface area contributed by atoms with Crippen molar-refractivity contribution in [2.45, 2.75) is 25.8 Å². The maximum atomic E-state index is 12.4. The van der Waals surface area contributed by atoms with Gasteiger partial charge in [0.1, 0.15) is 5.69 Å². The lowest BCUT2D eigenvalue weighted by molar-refractivity contribution is 0.438. The van der Waals surface area contributed by atoms with E-state index >= 15 is 0 Å². The molecule has 1 aliphatic heterocycles. The molecule has 0 fully saturated rings. The van der Waals surface area contributed by atoms with Gasteiger partial charge in [-0.25, -0.2) is 4.98 Å². The van der Waals surface area contributed by atoms with Crippen molar-refractivity contribution in [1.82, 2.24) is 15.3 Å². The largest absolute Gasteiger partial charge is 0.379 e. The summed E-state index contributed by atoms with van der Waals surface area (Å²) in [6.45, 7) is 4.32. The lowest BCUT2D eigenvalue weighted by Gasteiger charge is -2.35. The highest BCUT2D eigenvalue weighted by Gasteiger charge is 2.27. The first-order valence-electron chi connectivity index (χ1n) is 8.09. The second kappa shape index (κ2) is 5.34. The van der Waals surface area contributed by atoms with Crippen molar-refractivity contribution in [2.75, 3.05) is 0 Å². The van der Waals surface area contributed by atoms with E-state index in [1.165, 1.54) is 5.56 Å². The molecule has 24 heavy (non-hydrogen) atoms. The van der Waals surface area contributed by atoms with Gasteiger partial charge >= 0.3 is 0 Å². The molecule has 3 aromatic rings. The van der Waals surface area contributed by atoms with Gasteiger partial charge in [-0.15, -0.1) is 0 Å². The average Bonchev–Trinajstić information content (AvgIpc) is 2.54. The summed E-state index contributed by atoms with van der Waals surface area (Å²) >= 11 is 0. The molecule has 0 unspecified atom stereocenters. The highest BCUT2D eigenvalue weighted by atomic mass is 16.1. The predicted octanol–water partition coefficient (Wildman–Crippen LogP) is 3.35. The van der Waals surface area contributed by atoms with Gasteiger partial charge in [0.25, 0.3) is 5.56 Å². The van der Waals surface area contributed by atoms with Gasteiger partial charge in [-0.1, -0.05) is 36.4 Å². The minimum absolute atomic E-state index is 0.0657. The van der Waals surface area contributed by atoms with Gasteiger partial charge in [0.05, 0.1) is 11.0 Å². The highest BCUT2D eigenvalue weighted by molar-refractivity contribution is 5.84. The molecule has 0 radical (unpaired) electrons. The van der Waals surface area contributed by atoms with Crippen LogP contribution in [0.1, 0.15) is 30.7 Å². The van der Waals surface area contributed by atoms with Gasteiger partial charge < -0.3 is 10.3 Å². The molecule has 0 bridgehead atoms. The standard InChI is InChI=1S/C20H19N3O/c1-20(2)12-13-7-3-4-8-14(13)17(23-20)11-18-19(24)22-16-10-6-5-9-15(16)21-18/h3-11,23H,12H2,1-2H3,(H,22,24). The molecule has 4 rings (SSSR count). The molecule has 0 atom stereocenters. The van der Waals surface area contributed by atoms with E-state index < -0.39 is 0 Å². The molecule has 4 heteroatoms. The topological polar surface area (TPSA) is 57.8 Å². The molecule has 0 saturated carbocycles. The Hall–Kier alpha value is -2.88. The zero-order valence-corrected chi connectivity index (χ0v) is 13.8. The van der Waals surface area contributed by atoms with Gasteiger partial charge in [-0.3, -0.25) is 4.79 Å². The molecular formula is C20H19N3O. The number of hydrogen-bond donors (Lipinski definition) is 2. The highest BCUT2D eigenvalue weighted by Crippen LogP contribution is 2.30. The SMILES string of the molecule is CC1(C)Cc2ccccc2C(=Cc2nc3ccccc3[nH]c2=O)N1. The van der Waals surface area contributed by atoms with Crippen LogP contribution >= 0.6 is 0 Å². The smallest absolute Gasteiger partial charge is 0.274 e. The van der Waals surface area contributed by atoms with Crippen molar-refractivity contribution in [3.05, 3.63) is 75.7 Å². The predicted molar refractivity (Wildman–Crippen MR) is 97.6 cm³/mol. The Morgan fingerprint density at radius 3 is 2.71 bits per heavy atom. The van der Waals surface area contributed by atoms with E-state index in [0.29, 0.717) is 5.69 Å². The first-order chi connectivity index (χ1) is 11.5. The van der Waals surface area contributed by atoms with Crippen LogP contribution in [0.15, 0.2) is 53.3 Å². The number of fused-ring (bicyclic) bond motifs is 2. The van der Waals surface area contributed by atoms with Gasteiger partial charge in [0.2, 0.25) is 0 Å². The number of hydrogen-bond acceptors (Lipinski definition) is 3. The van der Waals surface area contributed by atoms with Crippen LogP contribution in [-0.4, -0.2) is 15.5 Å². The summed E-state index contributed by atoms with van der Waals surface area (Å²) in [4.78, 5) is 19.8. The van der Waals surface area contributed by atoms with E-state index in [1.807, 2.05) is 36.4 Å². The normalized spacial score (nSPS) is 17.5. The van der Waals surface area contributed by atoms with E-state index in [0.717, 1.165) is 28.7 Å². The average molecular weight is 317 g/mol. The number of rotatable bonds is 1. The summed E-state index contributed by atoms with van der Waals surface area (Å²) in [6, 6.07) is 15.9. The number of para-hydroxylation sites is 2. The van der Waals surface area contributed by atoms with Gasteiger partial charge in [0, 0.05) is 16.8 Å².